The highest BCUT2D eigenvalue weighted by Gasteiger charge is 2.24. The Bertz CT molecular complexity index is 905. The number of nitrogens with zero attached hydrogens (tertiary/aromatic N) is 5. The smallest absolute Gasteiger partial charge is 0.274 e. The van der Waals surface area contributed by atoms with Crippen LogP contribution in [0.2, 0.25) is 0 Å². The number of imidazole rings is 1. The molecule has 0 radical (unpaired) electrons. The minimum atomic E-state index is 0.00964. The van der Waals surface area contributed by atoms with Gasteiger partial charge in [0, 0.05) is 57.6 Å². The third kappa shape index (κ3) is 4.02. The Balaban J connectivity index is 1.29. The molecule has 1 saturated heterocycles. The van der Waals surface area contributed by atoms with Gasteiger partial charge in [-0.25, -0.2) is 4.98 Å². The van der Waals surface area contributed by atoms with Crippen LogP contribution < -0.4 is 0 Å². The Labute approximate surface area is 169 Å². The molecular weight excluding hydrogens is 372 g/mol. The van der Waals surface area contributed by atoms with Crippen LogP contribution in [-0.4, -0.2) is 68.2 Å². The first kappa shape index (κ1) is 18.9. The summed E-state index contributed by atoms with van der Waals surface area (Å²) in [4.78, 5) is 22.6. The predicted molar refractivity (Wildman–Crippen MR) is 111 cm³/mol. The van der Waals surface area contributed by atoms with E-state index < -0.39 is 0 Å². The predicted octanol–water partition coefficient (Wildman–Crippen LogP) is 2.92. The number of piperazine rings is 1. The van der Waals surface area contributed by atoms with E-state index in [0.717, 1.165) is 55.7 Å². The second-order valence-electron chi connectivity index (χ2n) is 7.41. The van der Waals surface area contributed by atoms with Crippen molar-refractivity contribution >= 4 is 17.2 Å². The van der Waals surface area contributed by atoms with Crippen molar-refractivity contribution < 1.29 is 4.79 Å². The van der Waals surface area contributed by atoms with Crippen molar-refractivity contribution in [3.8, 4) is 10.6 Å². The van der Waals surface area contributed by atoms with Gasteiger partial charge in [-0.1, -0.05) is 19.9 Å². The molecule has 4 heterocycles. The van der Waals surface area contributed by atoms with E-state index in [1.54, 1.807) is 11.3 Å². The van der Waals surface area contributed by atoms with Gasteiger partial charge in [-0.2, -0.15) is 5.10 Å². The molecule has 1 aliphatic heterocycles. The second-order valence-corrected chi connectivity index (χ2v) is 8.36. The lowest BCUT2D eigenvalue weighted by Crippen LogP contribution is -2.49. The summed E-state index contributed by atoms with van der Waals surface area (Å²) in [6.45, 7) is 9.50. The first-order valence-electron chi connectivity index (χ1n) is 9.74. The molecule has 148 valence electrons. The summed E-state index contributed by atoms with van der Waals surface area (Å²) in [5.41, 5.74) is 1.40. The SMILES string of the molecule is CC(C)c1nccn1CCN1CCN(C(=O)c2cc(-c3cccs3)[nH]n2)CC1. The maximum Gasteiger partial charge on any atom is 0.274 e. The van der Waals surface area contributed by atoms with Crippen LogP contribution in [0.1, 0.15) is 36.1 Å². The van der Waals surface area contributed by atoms with Crippen molar-refractivity contribution in [3.05, 3.63) is 47.5 Å². The number of aromatic nitrogens is 4. The van der Waals surface area contributed by atoms with Crippen LogP contribution in [0, 0.1) is 0 Å². The highest BCUT2D eigenvalue weighted by molar-refractivity contribution is 7.13. The number of nitrogens with one attached hydrogen (secondary N) is 1. The van der Waals surface area contributed by atoms with Gasteiger partial charge in [0.15, 0.2) is 5.69 Å². The fraction of sp³-hybridized carbons (Fsp3) is 0.450. The molecule has 3 aromatic rings. The van der Waals surface area contributed by atoms with Gasteiger partial charge in [-0.05, 0) is 17.5 Å². The molecule has 0 bridgehead atoms. The quantitative estimate of drug-likeness (QED) is 0.693. The van der Waals surface area contributed by atoms with Crippen LogP contribution in [0.5, 0.6) is 0 Å². The summed E-state index contributed by atoms with van der Waals surface area (Å²) in [6, 6.07) is 5.87. The Hall–Kier alpha value is -2.45. The molecule has 1 fully saturated rings. The first-order chi connectivity index (χ1) is 13.6. The highest BCUT2D eigenvalue weighted by atomic mass is 32.1. The van der Waals surface area contributed by atoms with Gasteiger partial charge in [-0.15, -0.1) is 11.3 Å². The molecule has 7 nitrogen and oxygen atoms in total. The van der Waals surface area contributed by atoms with Crippen molar-refractivity contribution in [1.82, 2.24) is 29.5 Å². The van der Waals surface area contributed by atoms with Crippen molar-refractivity contribution in [2.75, 3.05) is 32.7 Å². The molecule has 0 aromatic carbocycles. The summed E-state index contributed by atoms with van der Waals surface area (Å²) in [5, 5.41) is 9.23. The molecule has 0 atom stereocenters. The van der Waals surface area contributed by atoms with Crippen LogP contribution in [0.3, 0.4) is 0 Å². The molecule has 1 amide bonds. The molecule has 1 N–H and O–H groups in total. The number of hydrogen-bond donors (Lipinski definition) is 1. The number of H-pyrrole nitrogens is 1. The fourth-order valence-corrected chi connectivity index (χ4v) is 4.28. The Morgan fingerprint density at radius 1 is 1.25 bits per heavy atom. The lowest BCUT2D eigenvalue weighted by atomic mass is 10.2. The van der Waals surface area contributed by atoms with E-state index in [9.17, 15) is 4.79 Å². The maximum atomic E-state index is 12.8. The molecule has 0 saturated carbocycles. The minimum Gasteiger partial charge on any atom is -0.335 e. The number of carbonyl (C=O) groups excluding carboxylic acids is 1. The lowest BCUT2D eigenvalue weighted by molar-refractivity contribution is 0.0627. The van der Waals surface area contributed by atoms with Crippen LogP contribution in [0.15, 0.2) is 36.0 Å². The van der Waals surface area contributed by atoms with Gasteiger partial charge in [-0.3, -0.25) is 14.8 Å². The van der Waals surface area contributed by atoms with E-state index in [4.69, 9.17) is 0 Å². The lowest BCUT2D eigenvalue weighted by Gasteiger charge is -2.34. The van der Waals surface area contributed by atoms with Gasteiger partial charge >= 0.3 is 0 Å². The standard InChI is InChI=1S/C20H26N6OS/c1-15(2)19-21-5-6-25(19)10-7-24-8-11-26(12-9-24)20(27)17-14-16(22-23-17)18-4-3-13-28-18/h3-6,13-15H,7-12H2,1-2H3,(H,22,23). The summed E-state index contributed by atoms with van der Waals surface area (Å²) < 4.78 is 2.23. The average molecular weight is 399 g/mol. The number of carbonyl (C=O) groups is 1. The fourth-order valence-electron chi connectivity index (χ4n) is 3.59. The van der Waals surface area contributed by atoms with E-state index >= 15 is 0 Å². The van der Waals surface area contributed by atoms with Crippen molar-refractivity contribution in [3.63, 3.8) is 0 Å². The maximum absolute atomic E-state index is 12.8. The first-order valence-corrected chi connectivity index (χ1v) is 10.6. The average Bonchev–Trinajstić information content (AvgIpc) is 3.47. The van der Waals surface area contributed by atoms with Gasteiger partial charge in [0.2, 0.25) is 0 Å². The zero-order valence-electron chi connectivity index (χ0n) is 16.3. The summed E-state index contributed by atoms with van der Waals surface area (Å²) in [6.07, 6.45) is 3.93. The molecule has 0 spiro atoms. The van der Waals surface area contributed by atoms with Crippen LogP contribution in [0.4, 0.5) is 0 Å². The molecule has 8 heteroatoms. The van der Waals surface area contributed by atoms with Gasteiger partial charge in [0.25, 0.3) is 5.91 Å². The third-order valence-corrected chi connectivity index (χ3v) is 6.07. The minimum absolute atomic E-state index is 0.00964. The van der Waals surface area contributed by atoms with E-state index in [-0.39, 0.29) is 5.91 Å². The van der Waals surface area contributed by atoms with Gasteiger partial charge in [0.05, 0.1) is 10.6 Å². The van der Waals surface area contributed by atoms with Crippen LogP contribution in [-0.2, 0) is 6.54 Å². The van der Waals surface area contributed by atoms with Crippen LogP contribution in [0.25, 0.3) is 10.6 Å². The number of amides is 1. The van der Waals surface area contributed by atoms with Crippen molar-refractivity contribution in [2.45, 2.75) is 26.3 Å². The summed E-state index contributed by atoms with van der Waals surface area (Å²) in [7, 11) is 0. The van der Waals surface area contributed by atoms with E-state index in [2.05, 4.69) is 44.7 Å². The molecule has 4 rings (SSSR count). The summed E-state index contributed by atoms with van der Waals surface area (Å²) in [5.74, 6) is 1.57. The number of hydrogen-bond acceptors (Lipinski definition) is 5. The molecule has 1 aliphatic rings. The van der Waals surface area contributed by atoms with Crippen molar-refractivity contribution in [1.29, 1.82) is 0 Å². The number of rotatable bonds is 6. The largest absolute Gasteiger partial charge is 0.335 e. The van der Waals surface area contributed by atoms with E-state index in [0.29, 0.717) is 11.6 Å². The van der Waals surface area contributed by atoms with E-state index in [1.165, 1.54) is 0 Å². The summed E-state index contributed by atoms with van der Waals surface area (Å²) >= 11 is 1.63. The molecule has 0 unspecified atom stereocenters. The molecule has 0 aliphatic carbocycles. The number of thiophene rings is 1. The van der Waals surface area contributed by atoms with Crippen molar-refractivity contribution in [2.24, 2.45) is 0 Å². The topological polar surface area (TPSA) is 70.1 Å². The van der Waals surface area contributed by atoms with Crippen LogP contribution >= 0.6 is 11.3 Å². The Morgan fingerprint density at radius 2 is 2.07 bits per heavy atom. The Morgan fingerprint density at radius 3 is 2.79 bits per heavy atom. The molecule has 3 aromatic heterocycles. The second kappa shape index (κ2) is 8.28. The zero-order valence-corrected chi connectivity index (χ0v) is 17.2. The molecular formula is C20H26N6OS. The number of aromatic amines is 1. The van der Waals surface area contributed by atoms with E-state index in [1.807, 2.05) is 34.7 Å². The molecule has 28 heavy (non-hydrogen) atoms. The van der Waals surface area contributed by atoms with Gasteiger partial charge < -0.3 is 9.47 Å². The third-order valence-electron chi connectivity index (χ3n) is 5.16. The zero-order chi connectivity index (χ0) is 19.5. The van der Waals surface area contributed by atoms with Gasteiger partial charge in [0.1, 0.15) is 5.82 Å². The highest BCUT2D eigenvalue weighted by Crippen LogP contribution is 2.23. The Kier molecular flexibility index (Phi) is 5.59. The monoisotopic (exact) mass is 398 g/mol. The normalized spacial score (nSPS) is 15.5.